The Morgan fingerprint density at radius 2 is 1.78 bits per heavy atom. The van der Waals surface area contributed by atoms with Gasteiger partial charge >= 0.3 is 5.97 Å². The molecule has 0 bridgehead atoms. The molecular weight excluding hydrogens is 314 g/mol. The summed E-state index contributed by atoms with van der Waals surface area (Å²) in [5.74, 6) is -0.351. The Kier molecular flexibility index (Phi) is 6.16. The molecule has 0 aliphatic carbocycles. The number of ether oxygens (including phenoxy) is 1. The average Bonchev–Trinajstić information content (AvgIpc) is 2.59. The maximum Gasteiger partial charge on any atom is 0.337 e. The molecule has 2 rings (SSSR count). The highest BCUT2D eigenvalue weighted by atomic mass is 35.5. The van der Waals surface area contributed by atoms with Crippen molar-refractivity contribution in [3.8, 4) is 0 Å². The van der Waals surface area contributed by atoms with E-state index in [4.69, 9.17) is 11.6 Å². The molecule has 23 heavy (non-hydrogen) atoms. The van der Waals surface area contributed by atoms with E-state index in [-0.39, 0.29) is 12.0 Å². The molecule has 0 aliphatic rings. The van der Waals surface area contributed by atoms with Crippen LogP contribution in [-0.2, 0) is 11.3 Å². The number of methoxy groups -OCH3 is 1. The molecule has 2 aromatic carbocycles. The van der Waals surface area contributed by atoms with Crippen molar-refractivity contribution >= 4 is 17.6 Å². The number of carbonyl (C=O) groups is 1. The van der Waals surface area contributed by atoms with Crippen LogP contribution < -0.4 is 5.32 Å². The summed E-state index contributed by atoms with van der Waals surface area (Å²) in [6.45, 7) is 2.51. The minimum absolute atomic E-state index is 0.128. The SMILES string of the molecule is COC(=O)c1ccc(CNC(C)C(O)c2ccc(Cl)cc2)cc1. The van der Waals surface area contributed by atoms with Crippen LogP contribution in [-0.4, -0.2) is 24.2 Å². The van der Waals surface area contributed by atoms with E-state index in [1.54, 1.807) is 24.3 Å². The highest BCUT2D eigenvalue weighted by Gasteiger charge is 2.15. The molecule has 122 valence electrons. The number of halogens is 1. The first-order chi connectivity index (χ1) is 11.0. The molecule has 0 heterocycles. The van der Waals surface area contributed by atoms with E-state index >= 15 is 0 Å². The van der Waals surface area contributed by atoms with E-state index in [2.05, 4.69) is 10.1 Å². The van der Waals surface area contributed by atoms with Crippen molar-refractivity contribution in [2.45, 2.75) is 25.6 Å². The number of aliphatic hydroxyl groups is 1. The van der Waals surface area contributed by atoms with Crippen LogP contribution in [0.2, 0.25) is 5.02 Å². The van der Waals surface area contributed by atoms with Gasteiger partial charge < -0.3 is 15.2 Å². The molecule has 0 saturated carbocycles. The van der Waals surface area contributed by atoms with E-state index in [0.29, 0.717) is 17.1 Å². The molecule has 0 spiro atoms. The number of esters is 1. The zero-order chi connectivity index (χ0) is 16.8. The molecule has 0 fully saturated rings. The molecule has 0 saturated heterocycles. The average molecular weight is 334 g/mol. The molecule has 2 N–H and O–H groups in total. The molecule has 0 aromatic heterocycles. The van der Waals surface area contributed by atoms with Gasteiger partial charge in [0.1, 0.15) is 0 Å². The van der Waals surface area contributed by atoms with Gasteiger partial charge in [-0.15, -0.1) is 0 Å². The fraction of sp³-hybridized carbons (Fsp3) is 0.278. The first-order valence-corrected chi connectivity index (χ1v) is 7.73. The second-order valence-corrected chi connectivity index (χ2v) is 5.79. The molecule has 5 heteroatoms. The topological polar surface area (TPSA) is 58.6 Å². The minimum Gasteiger partial charge on any atom is -0.465 e. The largest absolute Gasteiger partial charge is 0.465 e. The standard InChI is InChI=1S/C18H20ClNO3/c1-12(17(21)14-7-9-16(19)10-8-14)20-11-13-3-5-15(6-4-13)18(22)23-2/h3-10,12,17,20-21H,11H2,1-2H3. The summed E-state index contributed by atoms with van der Waals surface area (Å²) in [5, 5.41) is 14.3. The van der Waals surface area contributed by atoms with Gasteiger partial charge in [-0.1, -0.05) is 35.9 Å². The van der Waals surface area contributed by atoms with Crippen LogP contribution in [0.15, 0.2) is 48.5 Å². The third-order valence-corrected chi connectivity index (χ3v) is 3.94. The number of aliphatic hydroxyl groups excluding tert-OH is 1. The molecule has 2 unspecified atom stereocenters. The maximum atomic E-state index is 11.4. The lowest BCUT2D eigenvalue weighted by Crippen LogP contribution is -2.31. The van der Waals surface area contributed by atoms with Gasteiger partial charge in [0.05, 0.1) is 18.8 Å². The van der Waals surface area contributed by atoms with Gasteiger partial charge in [0.2, 0.25) is 0 Å². The van der Waals surface area contributed by atoms with Crippen molar-refractivity contribution < 1.29 is 14.6 Å². The number of hydrogen-bond donors (Lipinski definition) is 2. The zero-order valence-corrected chi connectivity index (χ0v) is 13.9. The van der Waals surface area contributed by atoms with Crippen molar-refractivity contribution in [3.63, 3.8) is 0 Å². The van der Waals surface area contributed by atoms with Crippen molar-refractivity contribution in [1.29, 1.82) is 0 Å². The predicted molar refractivity (Wildman–Crippen MR) is 90.5 cm³/mol. The van der Waals surface area contributed by atoms with Crippen LogP contribution in [0, 0.1) is 0 Å². The lowest BCUT2D eigenvalue weighted by Gasteiger charge is -2.21. The summed E-state index contributed by atoms with van der Waals surface area (Å²) >= 11 is 5.85. The Hall–Kier alpha value is -1.88. The highest BCUT2D eigenvalue weighted by Crippen LogP contribution is 2.19. The Labute approximate surface area is 141 Å². The molecule has 0 radical (unpaired) electrons. The second-order valence-electron chi connectivity index (χ2n) is 5.35. The molecule has 0 aliphatic heterocycles. The van der Waals surface area contributed by atoms with Crippen LogP contribution in [0.1, 0.15) is 34.5 Å². The molecule has 2 aromatic rings. The van der Waals surface area contributed by atoms with Gasteiger partial charge in [0.15, 0.2) is 0 Å². The third kappa shape index (κ3) is 4.79. The molecule has 0 amide bonds. The van der Waals surface area contributed by atoms with Gasteiger partial charge in [-0.25, -0.2) is 4.79 Å². The number of benzene rings is 2. The summed E-state index contributed by atoms with van der Waals surface area (Å²) in [6.07, 6.45) is -0.624. The Balaban J connectivity index is 1.91. The lowest BCUT2D eigenvalue weighted by atomic mass is 10.0. The fourth-order valence-electron chi connectivity index (χ4n) is 2.22. The molecule has 4 nitrogen and oxygen atoms in total. The van der Waals surface area contributed by atoms with Gasteiger partial charge in [0.25, 0.3) is 0 Å². The monoisotopic (exact) mass is 333 g/mol. The van der Waals surface area contributed by atoms with Crippen molar-refractivity contribution in [2.75, 3.05) is 7.11 Å². The van der Waals surface area contributed by atoms with Crippen LogP contribution in [0.25, 0.3) is 0 Å². The van der Waals surface area contributed by atoms with Gasteiger partial charge in [0, 0.05) is 17.6 Å². The number of hydrogen-bond acceptors (Lipinski definition) is 4. The Morgan fingerprint density at radius 3 is 2.35 bits per heavy atom. The van der Waals surface area contributed by atoms with Crippen molar-refractivity contribution in [3.05, 3.63) is 70.2 Å². The van der Waals surface area contributed by atoms with Crippen LogP contribution in [0.3, 0.4) is 0 Å². The normalized spacial score (nSPS) is 13.4. The second kappa shape index (κ2) is 8.11. The summed E-state index contributed by atoms with van der Waals surface area (Å²) in [7, 11) is 1.36. The fourth-order valence-corrected chi connectivity index (χ4v) is 2.34. The Morgan fingerprint density at radius 1 is 1.17 bits per heavy atom. The van der Waals surface area contributed by atoms with Gasteiger partial charge in [-0.2, -0.15) is 0 Å². The Bertz CT molecular complexity index is 640. The molecule has 2 atom stereocenters. The summed E-state index contributed by atoms with van der Waals surface area (Å²) < 4.78 is 4.67. The van der Waals surface area contributed by atoms with Gasteiger partial charge in [-0.05, 0) is 42.3 Å². The maximum absolute atomic E-state index is 11.4. The van der Waals surface area contributed by atoms with E-state index in [1.165, 1.54) is 7.11 Å². The smallest absolute Gasteiger partial charge is 0.337 e. The van der Waals surface area contributed by atoms with Crippen molar-refractivity contribution in [2.24, 2.45) is 0 Å². The van der Waals surface area contributed by atoms with E-state index < -0.39 is 6.10 Å². The first kappa shape index (κ1) is 17.5. The van der Waals surface area contributed by atoms with E-state index in [0.717, 1.165) is 11.1 Å². The van der Waals surface area contributed by atoms with Crippen LogP contribution in [0.4, 0.5) is 0 Å². The molecular formula is C18H20ClNO3. The van der Waals surface area contributed by atoms with Gasteiger partial charge in [-0.3, -0.25) is 0 Å². The zero-order valence-electron chi connectivity index (χ0n) is 13.1. The van der Waals surface area contributed by atoms with E-state index in [9.17, 15) is 9.90 Å². The lowest BCUT2D eigenvalue weighted by molar-refractivity contribution is 0.0600. The summed E-state index contributed by atoms with van der Waals surface area (Å²) in [5.41, 5.74) is 2.36. The van der Waals surface area contributed by atoms with Crippen LogP contribution >= 0.6 is 11.6 Å². The van der Waals surface area contributed by atoms with E-state index in [1.807, 2.05) is 31.2 Å². The highest BCUT2D eigenvalue weighted by molar-refractivity contribution is 6.30. The third-order valence-electron chi connectivity index (χ3n) is 3.69. The first-order valence-electron chi connectivity index (χ1n) is 7.35. The number of carbonyl (C=O) groups excluding carboxylic acids is 1. The number of rotatable bonds is 6. The quantitative estimate of drug-likeness (QED) is 0.796. The number of nitrogens with one attached hydrogen (secondary N) is 1. The van der Waals surface area contributed by atoms with Crippen molar-refractivity contribution in [1.82, 2.24) is 5.32 Å². The summed E-state index contributed by atoms with van der Waals surface area (Å²) in [6, 6.07) is 14.2. The van der Waals surface area contributed by atoms with Crippen LogP contribution in [0.5, 0.6) is 0 Å². The summed E-state index contributed by atoms with van der Waals surface area (Å²) in [4.78, 5) is 11.4. The predicted octanol–water partition coefficient (Wildman–Crippen LogP) is 3.34. The minimum atomic E-state index is -0.624.